The molecule has 0 bridgehead atoms. The van der Waals surface area contributed by atoms with E-state index in [-0.39, 0.29) is 24.2 Å². The van der Waals surface area contributed by atoms with Crippen molar-refractivity contribution in [3.63, 3.8) is 0 Å². The fourth-order valence-corrected chi connectivity index (χ4v) is 4.20. The third-order valence-corrected chi connectivity index (χ3v) is 5.79. The fourth-order valence-electron chi connectivity index (χ4n) is 4.20. The predicted octanol–water partition coefficient (Wildman–Crippen LogP) is 1.82. The van der Waals surface area contributed by atoms with Gasteiger partial charge in [0.2, 0.25) is 11.8 Å². The number of hydrogen-bond acceptors (Lipinski definition) is 4. The molecule has 4 rings (SSSR count). The molecule has 0 aliphatic carbocycles. The number of nitrogens with one attached hydrogen (secondary N) is 2. The van der Waals surface area contributed by atoms with Gasteiger partial charge >= 0.3 is 0 Å². The number of amides is 2. The Labute approximate surface area is 177 Å². The highest BCUT2D eigenvalue weighted by Crippen LogP contribution is 2.27. The lowest BCUT2D eigenvalue weighted by molar-refractivity contribution is -0.132. The van der Waals surface area contributed by atoms with Crippen LogP contribution in [0.4, 0.5) is 0 Å². The van der Waals surface area contributed by atoms with Gasteiger partial charge in [0, 0.05) is 38.4 Å². The monoisotopic (exact) mass is 417 g/mol. The molecule has 2 saturated heterocycles. The third-order valence-electron chi connectivity index (χ3n) is 5.79. The SMILES string of the molecule is Cl.O=C1CCCN1Cc1cccc(CNC(=O)C2(n3cccn3)CCNCC2)c1. The van der Waals surface area contributed by atoms with Crippen LogP contribution in [0.5, 0.6) is 0 Å². The van der Waals surface area contributed by atoms with Gasteiger partial charge in [0.1, 0.15) is 5.54 Å². The Morgan fingerprint density at radius 1 is 1.21 bits per heavy atom. The van der Waals surface area contributed by atoms with Gasteiger partial charge in [-0.1, -0.05) is 24.3 Å². The zero-order chi connectivity index (χ0) is 19.4. The van der Waals surface area contributed by atoms with Crippen LogP contribution in [-0.4, -0.2) is 46.1 Å². The van der Waals surface area contributed by atoms with Crippen LogP contribution >= 0.6 is 12.4 Å². The van der Waals surface area contributed by atoms with Gasteiger partial charge in [-0.15, -0.1) is 12.4 Å². The zero-order valence-corrected chi connectivity index (χ0v) is 17.3. The average molecular weight is 418 g/mol. The lowest BCUT2D eigenvalue weighted by Gasteiger charge is -2.36. The minimum atomic E-state index is -0.631. The van der Waals surface area contributed by atoms with Crippen molar-refractivity contribution in [2.24, 2.45) is 0 Å². The normalized spacial score (nSPS) is 18.3. The van der Waals surface area contributed by atoms with Crippen LogP contribution in [0.3, 0.4) is 0 Å². The van der Waals surface area contributed by atoms with Crippen LogP contribution in [0.25, 0.3) is 0 Å². The largest absolute Gasteiger partial charge is 0.350 e. The molecule has 1 aromatic heterocycles. The first-order valence-electron chi connectivity index (χ1n) is 10.0. The van der Waals surface area contributed by atoms with E-state index in [1.165, 1.54) is 0 Å². The smallest absolute Gasteiger partial charge is 0.248 e. The maximum atomic E-state index is 13.1. The zero-order valence-electron chi connectivity index (χ0n) is 16.5. The number of carbonyl (C=O) groups excluding carboxylic acids is 2. The summed E-state index contributed by atoms with van der Waals surface area (Å²) in [4.78, 5) is 26.9. The van der Waals surface area contributed by atoms with E-state index in [4.69, 9.17) is 0 Å². The molecule has 2 fully saturated rings. The third kappa shape index (κ3) is 4.62. The molecule has 0 saturated carbocycles. The lowest BCUT2D eigenvalue weighted by Crippen LogP contribution is -2.54. The van der Waals surface area contributed by atoms with E-state index in [0.717, 1.165) is 50.0 Å². The molecule has 29 heavy (non-hydrogen) atoms. The molecular formula is C21H28ClN5O2. The highest BCUT2D eigenvalue weighted by molar-refractivity contribution is 5.85. The number of likely N-dealkylation sites (tertiary alicyclic amines) is 1. The average Bonchev–Trinajstić information content (AvgIpc) is 3.40. The van der Waals surface area contributed by atoms with Gasteiger partial charge < -0.3 is 15.5 Å². The molecule has 1 aromatic carbocycles. The summed E-state index contributed by atoms with van der Waals surface area (Å²) in [5.41, 5.74) is 1.52. The van der Waals surface area contributed by atoms with Crippen LogP contribution in [0, 0.1) is 0 Å². The molecule has 0 radical (unpaired) electrons. The van der Waals surface area contributed by atoms with Gasteiger partial charge in [-0.05, 0) is 49.5 Å². The first-order valence-corrected chi connectivity index (χ1v) is 10.0. The lowest BCUT2D eigenvalue weighted by atomic mass is 9.87. The van der Waals surface area contributed by atoms with Crippen molar-refractivity contribution in [3.05, 3.63) is 53.9 Å². The van der Waals surface area contributed by atoms with Crippen molar-refractivity contribution in [1.29, 1.82) is 0 Å². The molecule has 2 aliphatic rings. The number of hydrogen-bond donors (Lipinski definition) is 2. The van der Waals surface area contributed by atoms with Crippen molar-refractivity contribution < 1.29 is 9.59 Å². The summed E-state index contributed by atoms with van der Waals surface area (Å²) >= 11 is 0. The first kappa shape index (κ1) is 21.3. The second kappa shape index (κ2) is 9.41. The fraction of sp³-hybridized carbons (Fsp3) is 0.476. The quantitative estimate of drug-likeness (QED) is 0.751. The van der Waals surface area contributed by atoms with Gasteiger partial charge in [-0.2, -0.15) is 5.10 Å². The van der Waals surface area contributed by atoms with Crippen LogP contribution in [-0.2, 0) is 28.2 Å². The molecular weight excluding hydrogens is 390 g/mol. The van der Waals surface area contributed by atoms with Crippen LogP contribution in [0.2, 0.25) is 0 Å². The summed E-state index contributed by atoms with van der Waals surface area (Å²) in [6.07, 6.45) is 6.63. The molecule has 0 spiro atoms. The van der Waals surface area contributed by atoms with E-state index < -0.39 is 5.54 Å². The molecule has 8 heteroatoms. The van der Waals surface area contributed by atoms with Gasteiger partial charge in [0.05, 0.1) is 0 Å². The van der Waals surface area contributed by atoms with Crippen molar-refractivity contribution in [2.45, 2.75) is 44.3 Å². The number of halogens is 1. The molecule has 156 valence electrons. The standard InChI is InChI=1S/C21H27N5O2.ClH/c27-19-6-2-12-25(19)16-18-5-1-4-17(14-18)15-23-20(28)21(7-10-22-11-8-21)26-13-3-9-24-26;/h1,3-5,9,13-14,22H,2,6-8,10-12,15-16H2,(H,23,28);1H. The first-order chi connectivity index (χ1) is 13.7. The molecule has 2 aliphatic heterocycles. The molecule has 2 aromatic rings. The van der Waals surface area contributed by atoms with E-state index in [9.17, 15) is 9.59 Å². The second-order valence-corrected chi connectivity index (χ2v) is 7.65. The Hall–Kier alpha value is -2.38. The minimum Gasteiger partial charge on any atom is -0.350 e. The molecule has 2 N–H and O–H groups in total. The van der Waals surface area contributed by atoms with Gasteiger partial charge in [0.15, 0.2) is 0 Å². The minimum absolute atomic E-state index is 0. The van der Waals surface area contributed by atoms with Crippen LogP contribution in [0.1, 0.15) is 36.8 Å². The number of carbonyl (C=O) groups is 2. The number of aromatic nitrogens is 2. The van der Waals surface area contributed by atoms with E-state index in [1.54, 1.807) is 10.9 Å². The van der Waals surface area contributed by atoms with Crippen molar-refractivity contribution in [2.75, 3.05) is 19.6 Å². The van der Waals surface area contributed by atoms with E-state index in [2.05, 4.69) is 21.8 Å². The maximum Gasteiger partial charge on any atom is 0.248 e. The van der Waals surface area contributed by atoms with Crippen molar-refractivity contribution in [1.82, 2.24) is 25.3 Å². The summed E-state index contributed by atoms with van der Waals surface area (Å²) < 4.78 is 1.80. The molecule has 2 amide bonds. The summed E-state index contributed by atoms with van der Waals surface area (Å²) in [7, 11) is 0. The Kier molecular flexibility index (Phi) is 6.92. The molecule has 0 unspecified atom stereocenters. The van der Waals surface area contributed by atoms with Gasteiger partial charge in [-0.3, -0.25) is 14.3 Å². The maximum absolute atomic E-state index is 13.1. The Balaban J connectivity index is 0.00000240. The summed E-state index contributed by atoms with van der Waals surface area (Å²) in [6.45, 7) is 3.54. The summed E-state index contributed by atoms with van der Waals surface area (Å²) in [6, 6.07) is 9.98. The summed E-state index contributed by atoms with van der Waals surface area (Å²) in [5.74, 6) is 0.239. The van der Waals surface area contributed by atoms with Crippen LogP contribution < -0.4 is 10.6 Å². The predicted molar refractivity (Wildman–Crippen MR) is 112 cm³/mol. The molecule has 0 atom stereocenters. The van der Waals surface area contributed by atoms with Gasteiger partial charge in [-0.25, -0.2) is 0 Å². The Bertz CT molecular complexity index is 833. The van der Waals surface area contributed by atoms with Crippen molar-refractivity contribution >= 4 is 24.2 Å². The Morgan fingerprint density at radius 2 is 2.00 bits per heavy atom. The molecule has 7 nitrogen and oxygen atoms in total. The summed E-state index contributed by atoms with van der Waals surface area (Å²) in [5, 5.41) is 10.8. The number of benzene rings is 1. The van der Waals surface area contributed by atoms with E-state index >= 15 is 0 Å². The topological polar surface area (TPSA) is 79.3 Å². The number of piperidine rings is 1. The van der Waals surface area contributed by atoms with E-state index in [1.807, 2.05) is 35.4 Å². The highest BCUT2D eigenvalue weighted by Gasteiger charge is 2.41. The Morgan fingerprint density at radius 3 is 2.69 bits per heavy atom. The second-order valence-electron chi connectivity index (χ2n) is 7.65. The van der Waals surface area contributed by atoms with Crippen molar-refractivity contribution in [3.8, 4) is 0 Å². The van der Waals surface area contributed by atoms with Gasteiger partial charge in [0.25, 0.3) is 0 Å². The van der Waals surface area contributed by atoms with Crippen LogP contribution in [0.15, 0.2) is 42.7 Å². The number of nitrogens with zero attached hydrogens (tertiary/aromatic N) is 3. The highest BCUT2D eigenvalue weighted by atomic mass is 35.5. The number of rotatable bonds is 6. The van der Waals surface area contributed by atoms with E-state index in [0.29, 0.717) is 19.5 Å². The molecule has 3 heterocycles.